The fourth-order valence-corrected chi connectivity index (χ4v) is 3.24. The van der Waals surface area contributed by atoms with Crippen molar-refractivity contribution in [2.75, 3.05) is 6.54 Å². The van der Waals surface area contributed by atoms with E-state index in [1.54, 1.807) is 0 Å². The average molecular weight is 288 g/mol. The molecule has 3 heterocycles. The molecule has 5 heteroatoms. The van der Waals surface area contributed by atoms with Crippen LogP contribution in [0.4, 0.5) is 0 Å². The maximum atomic E-state index is 5.30. The zero-order chi connectivity index (χ0) is 14.7. The van der Waals surface area contributed by atoms with Crippen LogP contribution in [0.5, 0.6) is 0 Å². The first-order valence-corrected chi connectivity index (χ1v) is 7.85. The van der Waals surface area contributed by atoms with Crippen LogP contribution in [0.2, 0.25) is 0 Å². The summed E-state index contributed by atoms with van der Waals surface area (Å²) in [7, 11) is 0. The quantitative estimate of drug-likeness (QED) is 0.848. The van der Waals surface area contributed by atoms with Crippen molar-refractivity contribution >= 4 is 0 Å². The second-order valence-corrected chi connectivity index (χ2v) is 6.01. The van der Waals surface area contributed by atoms with E-state index in [1.165, 1.54) is 37.8 Å². The lowest BCUT2D eigenvalue weighted by Crippen LogP contribution is -2.39. The van der Waals surface area contributed by atoms with Gasteiger partial charge in [0.05, 0.1) is 12.0 Å². The van der Waals surface area contributed by atoms with Gasteiger partial charge in [-0.1, -0.05) is 11.6 Å². The summed E-state index contributed by atoms with van der Waals surface area (Å²) in [6, 6.07) is 0.648. The van der Waals surface area contributed by atoms with Gasteiger partial charge in [0.25, 0.3) is 0 Å². The predicted octanol–water partition coefficient (Wildman–Crippen LogP) is 2.93. The van der Waals surface area contributed by atoms with E-state index in [2.05, 4.69) is 19.6 Å². The molecule has 0 aliphatic carbocycles. The van der Waals surface area contributed by atoms with Crippen molar-refractivity contribution in [1.82, 2.24) is 19.6 Å². The summed E-state index contributed by atoms with van der Waals surface area (Å²) >= 11 is 0. The molecule has 0 spiro atoms. The number of hydrogen-bond acceptors (Lipinski definition) is 4. The highest BCUT2D eigenvalue weighted by Crippen LogP contribution is 2.24. The molecule has 0 radical (unpaired) electrons. The summed E-state index contributed by atoms with van der Waals surface area (Å²) in [6.07, 6.45) is 10.9. The molecule has 0 aromatic carbocycles. The Morgan fingerprint density at radius 2 is 2.24 bits per heavy atom. The molecule has 5 nitrogen and oxygen atoms in total. The van der Waals surface area contributed by atoms with E-state index in [9.17, 15) is 0 Å². The summed E-state index contributed by atoms with van der Waals surface area (Å²) in [5.74, 6) is 0.964. The van der Waals surface area contributed by atoms with Crippen LogP contribution in [0.3, 0.4) is 0 Å². The van der Waals surface area contributed by atoms with Crippen LogP contribution in [0.1, 0.15) is 42.7 Å². The van der Waals surface area contributed by atoms with Gasteiger partial charge in [0.15, 0.2) is 0 Å². The maximum absolute atomic E-state index is 5.30. The molecule has 0 saturated carbocycles. The smallest absolute Gasteiger partial charge is 0.138 e. The third-order valence-corrected chi connectivity index (χ3v) is 4.57. The van der Waals surface area contributed by atoms with E-state index in [-0.39, 0.29) is 0 Å². The Bertz CT molecular complexity index is 541. The van der Waals surface area contributed by atoms with Gasteiger partial charge < -0.3 is 9.09 Å². The molecule has 0 N–H and O–H groups in total. The van der Waals surface area contributed by atoms with E-state index in [4.69, 9.17) is 4.52 Å². The number of imidazole rings is 1. The van der Waals surface area contributed by atoms with E-state index >= 15 is 0 Å². The number of rotatable bonds is 5. The first kappa shape index (κ1) is 14.3. The third kappa shape index (κ3) is 3.35. The number of hydrogen-bond donors (Lipinski definition) is 0. The molecule has 1 aliphatic rings. The molecule has 2 aromatic heterocycles. The Kier molecular flexibility index (Phi) is 4.39. The van der Waals surface area contributed by atoms with Crippen molar-refractivity contribution in [3.63, 3.8) is 0 Å². The highest BCUT2D eigenvalue weighted by atomic mass is 16.5. The van der Waals surface area contributed by atoms with Gasteiger partial charge in [0.1, 0.15) is 5.76 Å². The molecule has 0 bridgehead atoms. The minimum absolute atomic E-state index is 0.648. The fraction of sp³-hybridized carbons (Fsp3) is 0.625. The Morgan fingerprint density at radius 1 is 1.33 bits per heavy atom. The minimum atomic E-state index is 0.648. The van der Waals surface area contributed by atoms with Gasteiger partial charge >= 0.3 is 0 Å². The van der Waals surface area contributed by atoms with Crippen molar-refractivity contribution < 1.29 is 4.52 Å². The molecule has 1 saturated heterocycles. The number of piperidine rings is 1. The molecular weight excluding hydrogens is 264 g/mol. The highest BCUT2D eigenvalue weighted by molar-refractivity contribution is 5.20. The topological polar surface area (TPSA) is 47.1 Å². The van der Waals surface area contributed by atoms with Gasteiger partial charge in [0, 0.05) is 37.1 Å². The first-order valence-electron chi connectivity index (χ1n) is 7.85. The normalized spacial score (nSPS) is 20.0. The minimum Gasteiger partial charge on any atom is -0.361 e. The summed E-state index contributed by atoms with van der Waals surface area (Å²) in [4.78, 5) is 6.72. The maximum Gasteiger partial charge on any atom is 0.138 e. The SMILES string of the molecule is Cc1noc(C)c1CN1CCCCC1CCn1ccnc1. The second kappa shape index (κ2) is 6.43. The fourth-order valence-electron chi connectivity index (χ4n) is 3.24. The summed E-state index contributed by atoms with van der Waals surface area (Å²) in [6.45, 7) is 7.24. The molecule has 1 fully saturated rings. The Morgan fingerprint density at radius 3 is 2.95 bits per heavy atom. The number of likely N-dealkylation sites (tertiary alicyclic amines) is 1. The van der Waals surface area contributed by atoms with Gasteiger partial charge in [-0.05, 0) is 39.7 Å². The molecule has 1 aliphatic heterocycles. The van der Waals surface area contributed by atoms with E-state index in [1.807, 2.05) is 32.6 Å². The second-order valence-electron chi connectivity index (χ2n) is 6.01. The van der Waals surface area contributed by atoms with E-state index < -0.39 is 0 Å². The zero-order valence-corrected chi connectivity index (χ0v) is 13.0. The molecular formula is C16H24N4O. The van der Waals surface area contributed by atoms with E-state index in [0.717, 1.165) is 24.5 Å². The lowest BCUT2D eigenvalue weighted by molar-refractivity contribution is 0.127. The molecule has 2 aromatic rings. The third-order valence-electron chi connectivity index (χ3n) is 4.57. The van der Waals surface area contributed by atoms with Gasteiger partial charge in [-0.25, -0.2) is 4.98 Å². The molecule has 1 atom stereocenters. The first-order chi connectivity index (χ1) is 10.2. The average Bonchev–Trinajstić information content (AvgIpc) is 3.11. The Labute approximate surface area is 125 Å². The van der Waals surface area contributed by atoms with Gasteiger partial charge in [-0.15, -0.1) is 0 Å². The highest BCUT2D eigenvalue weighted by Gasteiger charge is 2.24. The monoisotopic (exact) mass is 288 g/mol. The lowest BCUT2D eigenvalue weighted by atomic mass is 9.98. The zero-order valence-electron chi connectivity index (χ0n) is 13.0. The van der Waals surface area contributed by atoms with Gasteiger partial charge in [0.2, 0.25) is 0 Å². The van der Waals surface area contributed by atoms with Crippen molar-refractivity contribution in [3.05, 3.63) is 35.7 Å². The van der Waals surface area contributed by atoms with Crippen LogP contribution < -0.4 is 0 Å². The van der Waals surface area contributed by atoms with Crippen molar-refractivity contribution in [3.8, 4) is 0 Å². The lowest BCUT2D eigenvalue weighted by Gasteiger charge is -2.35. The molecule has 1 unspecified atom stereocenters. The Hall–Kier alpha value is -1.62. The summed E-state index contributed by atoms with van der Waals surface area (Å²) in [5.41, 5.74) is 2.30. The van der Waals surface area contributed by atoms with Crippen LogP contribution in [-0.2, 0) is 13.1 Å². The summed E-state index contributed by atoms with van der Waals surface area (Å²) < 4.78 is 7.47. The molecule has 114 valence electrons. The molecule has 3 rings (SSSR count). The van der Waals surface area contributed by atoms with Gasteiger partial charge in [-0.3, -0.25) is 4.90 Å². The van der Waals surface area contributed by atoms with Crippen LogP contribution in [0, 0.1) is 13.8 Å². The van der Waals surface area contributed by atoms with Crippen LogP contribution in [0.15, 0.2) is 23.2 Å². The Balaban J connectivity index is 1.64. The number of nitrogens with zero attached hydrogens (tertiary/aromatic N) is 4. The standard InChI is InChI=1S/C16H24N4O/c1-13-16(14(2)21-18-13)11-20-8-4-3-5-15(20)6-9-19-10-7-17-12-19/h7,10,12,15H,3-6,8-9,11H2,1-2H3. The number of aromatic nitrogens is 3. The molecule has 0 amide bonds. The number of aryl methyl sites for hydroxylation is 3. The predicted molar refractivity (Wildman–Crippen MR) is 80.9 cm³/mol. The van der Waals surface area contributed by atoms with Crippen LogP contribution in [0.25, 0.3) is 0 Å². The summed E-state index contributed by atoms with van der Waals surface area (Å²) in [5, 5.41) is 4.08. The van der Waals surface area contributed by atoms with Gasteiger partial charge in [-0.2, -0.15) is 0 Å². The largest absolute Gasteiger partial charge is 0.361 e. The van der Waals surface area contributed by atoms with E-state index in [0.29, 0.717) is 6.04 Å². The van der Waals surface area contributed by atoms with Crippen molar-refractivity contribution in [2.45, 2.75) is 58.7 Å². The van der Waals surface area contributed by atoms with Crippen molar-refractivity contribution in [2.24, 2.45) is 0 Å². The van der Waals surface area contributed by atoms with Crippen LogP contribution in [-0.4, -0.2) is 32.2 Å². The van der Waals surface area contributed by atoms with Crippen LogP contribution >= 0.6 is 0 Å². The van der Waals surface area contributed by atoms with Crippen molar-refractivity contribution in [1.29, 1.82) is 0 Å². The molecule has 21 heavy (non-hydrogen) atoms.